The molecule has 1 fully saturated rings. The summed E-state index contributed by atoms with van der Waals surface area (Å²) in [6.07, 6.45) is 0.976. The van der Waals surface area contributed by atoms with Gasteiger partial charge in [0.2, 0.25) is 5.91 Å². The molecule has 1 aliphatic rings. The molecule has 1 atom stereocenters. The fraction of sp³-hybridized carbons (Fsp3) is 0.385. The van der Waals surface area contributed by atoms with Gasteiger partial charge in [0.05, 0.1) is 12.1 Å². The van der Waals surface area contributed by atoms with E-state index in [-0.39, 0.29) is 29.8 Å². The molecule has 1 aromatic carbocycles. The van der Waals surface area contributed by atoms with Crippen LogP contribution in [0.1, 0.15) is 16.8 Å². The first-order chi connectivity index (χ1) is 9.16. The van der Waals surface area contributed by atoms with Gasteiger partial charge in [-0.15, -0.1) is 0 Å². The summed E-state index contributed by atoms with van der Waals surface area (Å²) in [6.45, 7) is -0.0751. The quantitative estimate of drug-likeness (QED) is 0.760. The van der Waals surface area contributed by atoms with Gasteiger partial charge in [-0.25, -0.2) is 0 Å². The van der Waals surface area contributed by atoms with Crippen molar-refractivity contribution in [2.75, 3.05) is 18.1 Å². The Morgan fingerprint density at radius 2 is 2.16 bits per heavy atom. The summed E-state index contributed by atoms with van der Waals surface area (Å²) in [6, 6.07) is 6.45. The van der Waals surface area contributed by atoms with Crippen LogP contribution in [0.3, 0.4) is 0 Å². The minimum absolute atomic E-state index is 0.0751. The lowest BCUT2D eigenvalue weighted by atomic mass is 10.2. The van der Waals surface area contributed by atoms with Crippen LogP contribution < -0.4 is 10.6 Å². The fourth-order valence-electron chi connectivity index (χ4n) is 1.85. The maximum Gasteiger partial charge on any atom is 0.255 e. The number of nitrogens with one attached hydrogen (secondary N) is 2. The highest BCUT2D eigenvalue weighted by Gasteiger charge is 2.18. The van der Waals surface area contributed by atoms with Gasteiger partial charge in [0, 0.05) is 11.8 Å². The number of hydrogen-bond acceptors (Lipinski definition) is 4. The highest BCUT2D eigenvalue weighted by Crippen LogP contribution is 2.17. The third kappa shape index (κ3) is 3.89. The van der Waals surface area contributed by atoms with Crippen molar-refractivity contribution >= 4 is 23.6 Å². The van der Waals surface area contributed by atoms with E-state index in [1.54, 1.807) is 12.1 Å². The number of carbonyl (C=O) groups excluding carboxylic acids is 2. The lowest BCUT2D eigenvalue weighted by molar-refractivity contribution is -0.120. The van der Waals surface area contributed by atoms with Crippen LogP contribution in [0.4, 0.5) is 0 Å². The SMILES string of the molecule is O=C(CNC(=O)c1ccccc1O)NC1CCSC1. The molecule has 0 bridgehead atoms. The predicted molar refractivity (Wildman–Crippen MR) is 74.3 cm³/mol. The van der Waals surface area contributed by atoms with Gasteiger partial charge in [-0.2, -0.15) is 11.8 Å². The molecule has 0 saturated carbocycles. The van der Waals surface area contributed by atoms with E-state index >= 15 is 0 Å². The van der Waals surface area contributed by atoms with Crippen LogP contribution in [0.5, 0.6) is 5.75 Å². The van der Waals surface area contributed by atoms with E-state index < -0.39 is 5.91 Å². The number of phenols is 1. The van der Waals surface area contributed by atoms with Crippen LogP contribution in [0.2, 0.25) is 0 Å². The second-order valence-electron chi connectivity index (χ2n) is 4.33. The van der Waals surface area contributed by atoms with E-state index in [9.17, 15) is 14.7 Å². The first-order valence-corrected chi connectivity index (χ1v) is 7.25. The number of phenolic OH excluding ortho intramolecular Hbond substituents is 1. The van der Waals surface area contributed by atoms with Gasteiger partial charge in [-0.3, -0.25) is 9.59 Å². The largest absolute Gasteiger partial charge is 0.507 e. The summed E-state index contributed by atoms with van der Waals surface area (Å²) in [5.41, 5.74) is 0.173. The number of aromatic hydroxyl groups is 1. The van der Waals surface area contributed by atoms with E-state index in [4.69, 9.17) is 0 Å². The average molecular weight is 280 g/mol. The van der Waals surface area contributed by atoms with Gasteiger partial charge in [0.25, 0.3) is 5.91 Å². The van der Waals surface area contributed by atoms with Gasteiger partial charge in [0.15, 0.2) is 0 Å². The molecule has 1 aromatic rings. The van der Waals surface area contributed by atoms with Crippen molar-refractivity contribution in [2.24, 2.45) is 0 Å². The van der Waals surface area contributed by atoms with Crippen molar-refractivity contribution in [1.29, 1.82) is 0 Å². The highest BCUT2D eigenvalue weighted by atomic mass is 32.2. The maximum atomic E-state index is 11.8. The Balaban J connectivity index is 1.80. The van der Waals surface area contributed by atoms with E-state index in [1.165, 1.54) is 12.1 Å². The lowest BCUT2D eigenvalue weighted by Gasteiger charge is -2.12. The Hall–Kier alpha value is -1.69. The number of thioether (sulfide) groups is 1. The van der Waals surface area contributed by atoms with Crippen molar-refractivity contribution in [2.45, 2.75) is 12.5 Å². The second-order valence-corrected chi connectivity index (χ2v) is 5.48. The minimum atomic E-state index is -0.450. The van der Waals surface area contributed by atoms with Gasteiger partial charge in [-0.1, -0.05) is 12.1 Å². The molecule has 102 valence electrons. The molecule has 2 rings (SSSR count). The molecule has 6 heteroatoms. The van der Waals surface area contributed by atoms with Gasteiger partial charge < -0.3 is 15.7 Å². The van der Waals surface area contributed by atoms with Gasteiger partial charge in [-0.05, 0) is 24.3 Å². The van der Waals surface area contributed by atoms with Crippen molar-refractivity contribution in [3.8, 4) is 5.75 Å². The number of para-hydroxylation sites is 1. The number of hydrogen-bond donors (Lipinski definition) is 3. The normalized spacial score (nSPS) is 18.0. The Kier molecular flexibility index (Phi) is 4.68. The first kappa shape index (κ1) is 13.7. The monoisotopic (exact) mass is 280 g/mol. The molecule has 0 spiro atoms. The van der Waals surface area contributed by atoms with Crippen LogP contribution in [0.15, 0.2) is 24.3 Å². The average Bonchev–Trinajstić information content (AvgIpc) is 2.89. The highest BCUT2D eigenvalue weighted by molar-refractivity contribution is 7.99. The van der Waals surface area contributed by atoms with E-state index in [0.717, 1.165) is 17.9 Å². The van der Waals surface area contributed by atoms with E-state index in [2.05, 4.69) is 10.6 Å². The molecular formula is C13H16N2O3S. The van der Waals surface area contributed by atoms with Crippen molar-refractivity contribution in [3.05, 3.63) is 29.8 Å². The maximum absolute atomic E-state index is 11.8. The van der Waals surface area contributed by atoms with Crippen LogP contribution >= 0.6 is 11.8 Å². The number of benzene rings is 1. The molecular weight excluding hydrogens is 264 g/mol. The third-order valence-electron chi connectivity index (χ3n) is 2.85. The second kappa shape index (κ2) is 6.47. The molecule has 19 heavy (non-hydrogen) atoms. The summed E-state index contributed by atoms with van der Waals surface area (Å²) in [5, 5.41) is 14.9. The fourth-order valence-corrected chi connectivity index (χ4v) is 3.00. The number of amides is 2. The molecule has 0 aliphatic carbocycles. The summed E-state index contributed by atoms with van der Waals surface area (Å²) in [7, 11) is 0. The van der Waals surface area contributed by atoms with Crippen molar-refractivity contribution in [3.63, 3.8) is 0 Å². The zero-order chi connectivity index (χ0) is 13.7. The molecule has 0 radical (unpaired) electrons. The van der Waals surface area contributed by atoms with Crippen molar-refractivity contribution < 1.29 is 14.7 Å². The van der Waals surface area contributed by atoms with Gasteiger partial charge in [0.1, 0.15) is 5.75 Å². The molecule has 3 N–H and O–H groups in total. The van der Waals surface area contributed by atoms with Crippen molar-refractivity contribution in [1.82, 2.24) is 10.6 Å². The van der Waals surface area contributed by atoms with Gasteiger partial charge >= 0.3 is 0 Å². The zero-order valence-electron chi connectivity index (χ0n) is 10.4. The molecule has 1 aliphatic heterocycles. The minimum Gasteiger partial charge on any atom is -0.507 e. The molecule has 0 aromatic heterocycles. The smallest absolute Gasteiger partial charge is 0.255 e. The lowest BCUT2D eigenvalue weighted by Crippen LogP contribution is -2.42. The van der Waals surface area contributed by atoms with E-state index in [1.807, 2.05) is 11.8 Å². The number of carbonyl (C=O) groups is 2. The standard InChI is InChI=1S/C13H16N2O3S/c16-11-4-2-1-3-10(11)13(18)14-7-12(17)15-9-5-6-19-8-9/h1-4,9,16H,5-8H2,(H,14,18)(H,15,17). The van der Waals surface area contributed by atoms with Crippen LogP contribution in [0, 0.1) is 0 Å². The molecule has 2 amide bonds. The zero-order valence-corrected chi connectivity index (χ0v) is 11.2. The third-order valence-corrected chi connectivity index (χ3v) is 4.02. The first-order valence-electron chi connectivity index (χ1n) is 6.10. The summed E-state index contributed by atoms with van der Waals surface area (Å²) >= 11 is 1.81. The van der Waals surface area contributed by atoms with Crippen LogP contribution in [-0.4, -0.2) is 41.0 Å². The number of rotatable bonds is 4. The Morgan fingerprint density at radius 1 is 1.37 bits per heavy atom. The molecule has 1 saturated heterocycles. The Labute approximate surface area is 115 Å². The predicted octanol–water partition coefficient (Wildman–Crippen LogP) is 0.744. The van der Waals surface area contributed by atoms with E-state index in [0.29, 0.717) is 0 Å². The molecule has 1 heterocycles. The Bertz CT molecular complexity index is 473. The Morgan fingerprint density at radius 3 is 2.84 bits per heavy atom. The summed E-state index contributed by atoms with van der Waals surface area (Å²) in [5.74, 6) is 1.26. The molecule has 5 nitrogen and oxygen atoms in total. The molecule has 1 unspecified atom stereocenters. The summed E-state index contributed by atoms with van der Waals surface area (Å²) < 4.78 is 0. The van der Waals surface area contributed by atoms with Crippen LogP contribution in [-0.2, 0) is 4.79 Å². The topological polar surface area (TPSA) is 78.4 Å². The summed E-state index contributed by atoms with van der Waals surface area (Å²) in [4.78, 5) is 23.4. The van der Waals surface area contributed by atoms with Crippen LogP contribution in [0.25, 0.3) is 0 Å².